The quantitative estimate of drug-likeness (QED) is 0.202. The van der Waals surface area contributed by atoms with Crippen molar-refractivity contribution < 1.29 is 4.42 Å². The van der Waals surface area contributed by atoms with Gasteiger partial charge in [0.05, 0.1) is 11.0 Å². The number of amidine groups is 2. The minimum absolute atomic E-state index is 0.410. The maximum absolute atomic E-state index is 6.54. The van der Waals surface area contributed by atoms with Gasteiger partial charge < -0.3 is 14.3 Å². The van der Waals surface area contributed by atoms with E-state index in [9.17, 15) is 0 Å². The molecule has 10 aromatic rings. The van der Waals surface area contributed by atoms with Gasteiger partial charge in [0.25, 0.3) is 0 Å². The first-order valence-corrected chi connectivity index (χ1v) is 17.9. The zero-order chi connectivity index (χ0) is 33.5. The van der Waals surface area contributed by atoms with E-state index in [1.807, 2.05) is 36.4 Å². The molecule has 240 valence electrons. The fourth-order valence-corrected chi connectivity index (χ4v) is 9.02. The van der Waals surface area contributed by atoms with Crippen LogP contribution in [0.25, 0.3) is 69.6 Å². The molecular formula is C45H28N4OS. The Balaban J connectivity index is 1.14. The van der Waals surface area contributed by atoms with E-state index in [2.05, 4.69) is 131 Å². The highest BCUT2D eigenvalue weighted by molar-refractivity contribution is 7.26. The van der Waals surface area contributed by atoms with Crippen molar-refractivity contribution in [2.75, 3.05) is 0 Å². The van der Waals surface area contributed by atoms with Crippen LogP contribution < -0.4 is 5.32 Å². The second kappa shape index (κ2) is 11.0. The molecule has 0 saturated carbocycles. The summed E-state index contributed by atoms with van der Waals surface area (Å²) in [6.45, 7) is 0. The molecule has 6 heteroatoms. The van der Waals surface area contributed by atoms with Gasteiger partial charge in [-0.15, -0.1) is 11.3 Å². The van der Waals surface area contributed by atoms with Crippen LogP contribution in [0.3, 0.4) is 0 Å². The Morgan fingerprint density at radius 1 is 0.529 bits per heavy atom. The van der Waals surface area contributed by atoms with Crippen LogP contribution in [-0.4, -0.2) is 16.2 Å². The maximum atomic E-state index is 6.54. The molecule has 0 radical (unpaired) electrons. The van der Waals surface area contributed by atoms with Crippen molar-refractivity contribution in [3.8, 4) is 5.69 Å². The Bertz CT molecular complexity index is 2950. The average molecular weight is 673 g/mol. The van der Waals surface area contributed by atoms with Gasteiger partial charge in [0.1, 0.15) is 22.8 Å². The number of benzene rings is 7. The molecule has 7 aromatic carbocycles. The second-order valence-corrected chi connectivity index (χ2v) is 14.0. The van der Waals surface area contributed by atoms with Gasteiger partial charge in [0.2, 0.25) is 0 Å². The third kappa shape index (κ3) is 4.33. The topological polar surface area (TPSA) is 54.8 Å². The van der Waals surface area contributed by atoms with Gasteiger partial charge in [-0.2, -0.15) is 0 Å². The van der Waals surface area contributed by atoms with Gasteiger partial charge in [-0.25, -0.2) is 9.98 Å². The number of rotatable bonds is 4. The molecule has 0 unspecified atom stereocenters. The van der Waals surface area contributed by atoms with Crippen LogP contribution in [0.4, 0.5) is 0 Å². The number of thiophene rings is 1. The van der Waals surface area contributed by atoms with Crippen LogP contribution >= 0.6 is 11.3 Å². The minimum atomic E-state index is -0.410. The average Bonchev–Trinajstić information content (AvgIpc) is 3.87. The summed E-state index contributed by atoms with van der Waals surface area (Å²) in [5.74, 6) is 1.63. The summed E-state index contributed by atoms with van der Waals surface area (Å²) < 4.78 is 11.3. The molecule has 0 atom stereocenters. The van der Waals surface area contributed by atoms with E-state index in [1.165, 1.54) is 42.0 Å². The Morgan fingerprint density at radius 3 is 1.82 bits per heavy atom. The van der Waals surface area contributed by atoms with Crippen molar-refractivity contribution in [1.82, 2.24) is 9.88 Å². The van der Waals surface area contributed by atoms with Crippen molar-refractivity contribution in [3.05, 3.63) is 174 Å². The number of hydrogen-bond acceptors (Lipinski definition) is 5. The Labute approximate surface area is 296 Å². The number of aromatic nitrogens is 1. The number of para-hydroxylation sites is 2. The van der Waals surface area contributed by atoms with E-state index in [0.717, 1.165) is 56.0 Å². The summed E-state index contributed by atoms with van der Waals surface area (Å²) in [7, 11) is 0. The highest BCUT2D eigenvalue weighted by Crippen LogP contribution is 2.46. The predicted octanol–water partition coefficient (Wildman–Crippen LogP) is 11.5. The molecule has 0 saturated heterocycles. The standard InChI is InChI=1S/C45H28N4OS/c1-3-12-27(13-4-1)43-46-44(28-14-5-2-6-15-28)48-45(47-43)33-19-11-18-32-41-39(51-42(32)33)25-24-38-40(41)34-26-29(22-23-37(34)50-38)49-35-20-9-7-16-30(35)31-17-8-10-21-36(31)49/h1-26,45H,(H,46,47,48). The molecule has 0 aliphatic carbocycles. The lowest BCUT2D eigenvalue weighted by molar-refractivity contribution is 0.669. The SMILES string of the molecule is c1ccc(C2=NC(c3cccc4c3sc3ccc5oc6ccc(-n7c8ccccc8c8ccccc87)cc6c5c34)N=C(c3ccccc3)N2)cc1. The molecule has 11 rings (SSSR count). The Hall–Kier alpha value is -6.50. The summed E-state index contributed by atoms with van der Waals surface area (Å²) in [6.07, 6.45) is -0.410. The number of hydrogen-bond donors (Lipinski definition) is 1. The highest BCUT2D eigenvalue weighted by Gasteiger charge is 2.24. The Kier molecular flexibility index (Phi) is 6.12. The first-order chi connectivity index (χ1) is 25.3. The van der Waals surface area contributed by atoms with E-state index in [-0.39, 0.29) is 0 Å². The van der Waals surface area contributed by atoms with Gasteiger partial charge in [0.15, 0.2) is 6.17 Å². The van der Waals surface area contributed by atoms with Crippen LogP contribution in [-0.2, 0) is 0 Å². The Morgan fingerprint density at radius 2 is 1.14 bits per heavy atom. The molecule has 0 spiro atoms. The fourth-order valence-electron chi connectivity index (χ4n) is 7.78. The lowest BCUT2D eigenvalue weighted by Crippen LogP contribution is -2.36. The monoisotopic (exact) mass is 672 g/mol. The zero-order valence-corrected chi connectivity index (χ0v) is 28.1. The van der Waals surface area contributed by atoms with Crippen LogP contribution in [0.1, 0.15) is 22.9 Å². The van der Waals surface area contributed by atoms with Crippen LogP contribution in [0.15, 0.2) is 172 Å². The van der Waals surface area contributed by atoms with Gasteiger partial charge in [-0.05, 0) is 42.5 Å². The molecule has 0 amide bonds. The summed E-state index contributed by atoms with van der Waals surface area (Å²) in [6, 6.07) is 55.3. The van der Waals surface area contributed by atoms with E-state index in [0.29, 0.717) is 0 Å². The predicted molar refractivity (Wildman–Crippen MR) is 213 cm³/mol. The molecule has 4 heterocycles. The molecule has 51 heavy (non-hydrogen) atoms. The number of fused-ring (bicyclic) bond motifs is 10. The third-order valence-corrected chi connectivity index (χ3v) is 11.3. The summed E-state index contributed by atoms with van der Waals surface area (Å²) >= 11 is 1.80. The van der Waals surface area contributed by atoms with E-state index in [4.69, 9.17) is 14.4 Å². The van der Waals surface area contributed by atoms with Crippen LogP contribution in [0.2, 0.25) is 0 Å². The van der Waals surface area contributed by atoms with Crippen molar-refractivity contribution >= 4 is 86.9 Å². The molecule has 3 aromatic heterocycles. The fraction of sp³-hybridized carbons (Fsp3) is 0.0222. The molecule has 0 bridgehead atoms. The lowest BCUT2D eigenvalue weighted by Gasteiger charge is -2.22. The smallest absolute Gasteiger partial charge is 0.171 e. The molecular weight excluding hydrogens is 645 g/mol. The highest BCUT2D eigenvalue weighted by atomic mass is 32.1. The molecule has 1 N–H and O–H groups in total. The van der Waals surface area contributed by atoms with Crippen molar-refractivity contribution in [2.24, 2.45) is 9.98 Å². The lowest BCUT2D eigenvalue weighted by atomic mass is 10.0. The molecule has 5 nitrogen and oxygen atoms in total. The van der Waals surface area contributed by atoms with Gasteiger partial charge in [0, 0.05) is 64.1 Å². The van der Waals surface area contributed by atoms with Gasteiger partial charge >= 0.3 is 0 Å². The van der Waals surface area contributed by atoms with Crippen molar-refractivity contribution in [2.45, 2.75) is 6.17 Å². The number of nitrogens with zero attached hydrogens (tertiary/aromatic N) is 3. The largest absolute Gasteiger partial charge is 0.456 e. The van der Waals surface area contributed by atoms with Crippen molar-refractivity contribution in [1.29, 1.82) is 0 Å². The summed E-state index contributed by atoms with van der Waals surface area (Å²) in [5, 5.41) is 10.7. The van der Waals surface area contributed by atoms with E-state index < -0.39 is 6.17 Å². The maximum Gasteiger partial charge on any atom is 0.171 e. The summed E-state index contributed by atoms with van der Waals surface area (Å²) in [4.78, 5) is 10.4. The zero-order valence-electron chi connectivity index (χ0n) is 27.2. The molecule has 1 aliphatic heterocycles. The normalized spacial score (nSPS) is 13.8. The molecule has 0 fully saturated rings. The first kappa shape index (κ1) is 28.3. The minimum Gasteiger partial charge on any atom is -0.456 e. The first-order valence-electron chi connectivity index (χ1n) is 17.1. The number of furan rings is 1. The number of aliphatic imine (C=N–C) groups is 2. The van der Waals surface area contributed by atoms with Crippen molar-refractivity contribution in [3.63, 3.8) is 0 Å². The second-order valence-electron chi connectivity index (χ2n) is 13.0. The van der Waals surface area contributed by atoms with Gasteiger partial charge in [-0.3, -0.25) is 0 Å². The van der Waals surface area contributed by atoms with Crippen LogP contribution in [0, 0.1) is 0 Å². The third-order valence-electron chi connectivity index (χ3n) is 10.1. The van der Waals surface area contributed by atoms with E-state index >= 15 is 0 Å². The molecule has 1 aliphatic rings. The van der Waals surface area contributed by atoms with Gasteiger partial charge in [-0.1, -0.05) is 115 Å². The number of nitrogens with one attached hydrogen (secondary N) is 1. The van der Waals surface area contributed by atoms with Crippen LogP contribution in [0.5, 0.6) is 0 Å². The summed E-state index contributed by atoms with van der Waals surface area (Å²) in [5.41, 5.74) is 8.40. The van der Waals surface area contributed by atoms with E-state index in [1.54, 1.807) is 11.3 Å².